The molecule has 0 saturated carbocycles. The molecule has 4 heteroatoms. The summed E-state index contributed by atoms with van der Waals surface area (Å²) in [6.45, 7) is 9.08. The van der Waals surface area contributed by atoms with Gasteiger partial charge in [-0.1, -0.05) is 45.5 Å². The van der Waals surface area contributed by atoms with Gasteiger partial charge in [-0.25, -0.2) is 0 Å². The molecule has 2 aromatic rings. The lowest BCUT2D eigenvalue weighted by Crippen LogP contribution is -2.22. The Hall–Kier alpha value is -1.78. The van der Waals surface area contributed by atoms with E-state index in [-0.39, 0.29) is 11.7 Å². The van der Waals surface area contributed by atoms with Gasteiger partial charge in [0, 0.05) is 40.9 Å². The number of hydrogen-bond acceptors (Lipinski definition) is 4. The van der Waals surface area contributed by atoms with Crippen molar-refractivity contribution in [2.24, 2.45) is 5.92 Å². The summed E-state index contributed by atoms with van der Waals surface area (Å²) < 4.78 is 0. The predicted octanol–water partition coefficient (Wildman–Crippen LogP) is 5.26. The minimum Gasteiger partial charge on any atom is -0.343 e. The van der Waals surface area contributed by atoms with Crippen molar-refractivity contribution in [3.05, 3.63) is 47.5 Å². The number of ketones is 1. The summed E-state index contributed by atoms with van der Waals surface area (Å²) in [7, 11) is 2.09. The fourth-order valence-corrected chi connectivity index (χ4v) is 4.21. The topological polar surface area (TPSA) is 32.3 Å². The SMILES string of the molecule is CC(C)NCc1ccc2c(c1)Sc1cc(C(=O)C(C)C)ccc1N2C. The van der Waals surface area contributed by atoms with Gasteiger partial charge >= 0.3 is 0 Å². The molecule has 0 aliphatic carbocycles. The van der Waals surface area contributed by atoms with Crippen LogP contribution in [0.1, 0.15) is 43.6 Å². The Balaban J connectivity index is 1.92. The largest absolute Gasteiger partial charge is 0.343 e. The molecule has 0 amide bonds. The Morgan fingerprint density at radius 1 is 1.04 bits per heavy atom. The van der Waals surface area contributed by atoms with Gasteiger partial charge < -0.3 is 10.2 Å². The predicted molar refractivity (Wildman–Crippen MR) is 106 cm³/mol. The second-order valence-corrected chi connectivity index (χ2v) is 8.28. The van der Waals surface area contributed by atoms with Gasteiger partial charge in [0.1, 0.15) is 0 Å². The van der Waals surface area contributed by atoms with Crippen molar-refractivity contribution in [1.82, 2.24) is 5.32 Å². The molecular weight excluding hydrogens is 328 g/mol. The van der Waals surface area contributed by atoms with E-state index in [9.17, 15) is 4.79 Å². The number of nitrogens with zero attached hydrogens (tertiary/aromatic N) is 1. The van der Waals surface area contributed by atoms with E-state index in [2.05, 4.69) is 55.4 Å². The maximum atomic E-state index is 12.3. The van der Waals surface area contributed by atoms with Crippen molar-refractivity contribution in [3.8, 4) is 0 Å². The van der Waals surface area contributed by atoms with Crippen LogP contribution in [0.2, 0.25) is 0 Å². The molecule has 3 nitrogen and oxygen atoms in total. The maximum absolute atomic E-state index is 12.3. The molecule has 2 aromatic carbocycles. The van der Waals surface area contributed by atoms with Crippen molar-refractivity contribution < 1.29 is 4.79 Å². The minimum atomic E-state index is 0.0189. The van der Waals surface area contributed by atoms with E-state index < -0.39 is 0 Å². The van der Waals surface area contributed by atoms with Crippen molar-refractivity contribution in [2.45, 2.75) is 50.1 Å². The van der Waals surface area contributed by atoms with Crippen molar-refractivity contribution >= 4 is 28.9 Å². The molecule has 0 fully saturated rings. The molecular formula is C21H26N2OS. The highest BCUT2D eigenvalue weighted by molar-refractivity contribution is 7.99. The van der Waals surface area contributed by atoms with Gasteiger partial charge in [0.05, 0.1) is 11.4 Å². The lowest BCUT2D eigenvalue weighted by molar-refractivity contribution is 0.0939. The van der Waals surface area contributed by atoms with E-state index >= 15 is 0 Å². The molecule has 0 saturated heterocycles. The Labute approximate surface area is 154 Å². The van der Waals surface area contributed by atoms with Crippen LogP contribution in [0.15, 0.2) is 46.2 Å². The van der Waals surface area contributed by atoms with Crippen LogP contribution in [0.5, 0.6) is 0 Å². The summed E-state index contributed by atoms with van der Waals surface area (Å²) in [6, 6.07) is 13.2. The average Bonchev–Trinajstić information content (AvgIpc) is 2.58. The third-order valence-corrected chi connectivity index (χ3v) is 5.54. The Kier molecular flexibility index (Phi) is 5.21. The molecule has 0 spiro atoms. The lowest BCUT2D eigenvalue weighted by atomic mass is 10.0. The number of benzene rings is 2. The van der Waals surface area contributed by atoms with Crippen LogP contribution in [0.25, 0.3) is 0 Å². The van der Waals surface area contributed by atoms with E-state index in [1.54, 1.807) is 11.8 Å². The second-order valence-electron chi connectivity index (χ2n) is 7.20. The molecule has 0 bridgehead atoms. The Morgan fingerprint density at radius 2 is 1.68 bits per heavy atom. The Bertz CT molecular complexity index is 798. The van der Waals surface area contributed by atoms with Crippen LogP contribution in [-0.4, -0.2) is 18.9 Å². The quantitative estimate of drug-likeness (QED) is 0.743. The molecule has 1 N–H and O–H groups in total. The molecule has 0 atom stereocenters. The number of Topliss-reactive ketones (excluding diaryl/α,β-unsaturated/α-hetero) is 1. The third kappa shape index (κ3) is 3.75. The molecule has 0 radical (unpaired) electrons. The smallest absolute Gasteiger partial charge is 0.165 e. The molecule has 1 aliphatic heterocycles. The first-order valence-corrected chi connectivity index (χ1v) is 9.64. The molecule has 132 valence electrons. The second kappa shape index (κ2) is 7.22. The van der Waals surface area contributed by atoms with Gasteiger partial charge in [-0.2, -0.15) is 0 Å². The zero-order chi connectivity index (χ0) is 18.1. The number of carbonyl (C=O) groups excluding carboxylic acids is 1. The summed E-state index contributed by atoms with van der Waals surface area (Å²) in [4.78, 5) is 16.9. The summed E-state index contributed by atoms with van der Waals surface area (Å²) >= 11 is 1.76. The standard InChI is InChI=1S/C21H26N2OS/c1-13(2)21(24)16-7-9-18-20(11-16)25-19-10-15(12-22-14(3)4)6-8-17(19)23(18)5/h6-11,13-14,22H,12H2,1-5H3. The first-order chi connectivity index (χ1) is 11.9. The average molecular weight is 355 g/mol. The third-order valence-electron chi connectivity index (χ3n) is 4.45. The number of nitrogens with one attached hydrogen (secondary N) is 1. The Morgan fingerprint density at radius 3 is 2.32 bits per heavy atom. The zero-order valence-electron chi connectivity index (χ0n) is 15.6. The highest BCUT2D eigenvalue weighted by Crippen LogP contribution is 2.48. The number of rotatable bonds is 5. The van der Waals surface area contributed by atoms with Gasteiger partial charge in [-0.15, -0.1) is 0 Å². The zero-order valence-corrected chi connectivity index (χ0v) is 16.4. The first kappa shape index (κ1) is 18.0. The van der Waals surface area contributed by atoms with Crippen molar-refractivity contribution in [2.75, 3.05) is 11.9 Å². The summed E-state index contributed by atoms with van der Waals surface area (Å²) in [6.07, 6.45) is 0. The fourth-order valence-electron chi connectivity index (χ4n) is 2.96. The van der Waals surface area contributed by atoms with Gasteiger partial charge in [0.15, 0.2) is 5.78 Å². The number of hydrogen-bond donors (Lipinski definition) is 1. The molecule has 0 aromatic heterocycles. The van der Waals surface area contributed by atoms with Crippen LogP contribution in [0.4, 0.5) is 11.4 Å². The van der Waals surface area contributed by atoms with Gasteiger partial charge in [0.2, 0.25) is 0 Å². The van der Waals surface area contributed by atoms with E-state index in [1.165, 1.54) is 16.1 Å². The van der Waals surface area contributed by atoms with Crippen LogP contribution < -0.4 is 10.2 Å². The molecule has 25 heavy (non-hydrogen) atoms. The summed E-state index contributed by atoms with van der Waals surface area (Å²) in [5, 5.41) is 3.47. The van der Waals surface area contributed by atoms with E-state index in [1.807, 2.05) is 26.0 Å². The van der Waals surface area contributed by atoms with Gasteiger partial charge in [-0.3, -0.25) is 4.79 Å². The molecule has 1 aliphatic rings. The van der Waals surface area contributed by atoms with E-state index in [4.69, 9.17) is 0 Å². The highest BCUT2D eigenvalue weighted by atomic mass is 32.2. The number of fused-ring (bicyclic) bond motifs is 2. The van der Waals surface area contributed by atoms with Crippen LogP contribution in [-0.2, 0) is 6.54 Å². The fraction of sp³-hybridized carbons (Fsp3) is 0.381. The highest BCUT2D eigenvalue weighted by Gasteiger charge is 2.22. The summed E-state index contributed by atoms with van der Waals surface area (Å²) in [5.74, 6) is 0.220. The van der Waals surface area contributed by atoms with Gasteiger partial charge in [0.25, 0.3) is 0 Å². The molecule has 3 rings (SSSR count). The lowest BCUT2D eigenvalue weighted by Gasteiger charge is -2.30. The van der Waals surface area contributed by atoms with Crippen molar-refractivity contribution in [3.63, 3.8) is 0 Å². The number of carbonyl (C=O) groups is 1. The molecule has 1 heterocycles. The monoisotopic (exact) mass is 354 g/mol. The summed E-state index contributed by atoms with van der Waals surface area (Å²) in [5.41, 5.74) is 4.46. The van der Waals surface area contributed by atoms with Crippen LogP contribution in [0.3, 0.4) is 0 Å². The molecule has 0 unspecified atom stereocenters. The maximum Gasteiger partial charge on any atom is 0.165 e. The van der Waals surface area contributed by atoms with Crippen LogP contribution in [0, 0.1) is 5.92 Å². The van der Waals surface area contributed by atoms with Gasteiger partial charge in [-0.05, 0) is 35.9 Å². The normalized spacial score (nSPS) is 13.2. The van der Waals surface area contributed by atoms with E-state index in [0.717, 1.165) is 22.7 Å². The minimum absolute atomic E-state index is 0.0189. The van der Waals surface area contributed by atoms with Crippen LogP contribution >= 0.6 is 11.8 Å². The first-order valence-electron chi connectivity index (χ1n) is 8.83. The van der Waals surface area contributed by atoms with E-state index in [0.29, 0.717) is 6.04 Å². The number of anilines is 2. The van der Waals surface area contributed by atoms with Crippen molar-refractivity contribution in [1.29, 1.82) is 0 Å².